The summed E-state index contributed by atoms with van der Waals surface area (Å²) in [6.45, 7) is 8.81. The maximum atomic E-state index is 6.04. The van der Waals surface area contributed by atoms with Gasteiger partial charge in [-0.05, 0) is 30.4 Å². The van der Waals surface area contributed by atoms with E-state index in [1.807, 2.05) is 0 Å². The first-order chi connectivity index (χ1) is 8.54. The summed E-state index contributed by atoms with van der Waals surface area (Å²) in [5, 5.41) is 0. The molecule has 1 saturated heterocycles. The van der Waals surface area contributed by atoms with Crippen LogP contribution in [-0.2, 0) is 0 Å². The molecule has 1 aliphatic rings. The highest BCUT2D eigenvalue weighted by Crippen LogP contribution is 2.37. The minimum absolute atomic E-state index is 0.242. The van der Waals surface area contributed by atoms with Crippen molar-refractivity contribution in [2.24, 2.45) is 11.1 Å². The number of nitrogens with zero attached hydrogens (tertiary/aromatic N) is 1. The van der Waals surface area contributed by atoms with Gasteiger partial charge in [0.05, 0.1) is 0 Å². The van der Waals surface area contributed by atoms with Crippen molar-refractivity contribution in [3.8, 4) is 0 Å². The lowest BCUT2D eigenvalue weighted by Crippen LogP contribution is -2.48. The zero-order valence-electron chi connectivity index (χ0n) is 11.9. The van der Waals surface area contributed by atoms with Gasteiger partial charge in [0.25, 0.3) is 0 Å². The number of nitrogens with two attached hydrogens (primary N) is 1. The fraction of sp³-hybridized carbons (Fsp3) is 0.625. The van der Waals surface area contributed by atoms with Crippen molar-refractivity contribution in [1.29, 1.82) is 0 Å². The quantitative estimate of drug-likeness (QED) is 0.887. The van der Waals surface area contributed by atoms with Crippen LogP contribution in [0, 0.1) is 5.41 Å². The average Bonchev–Trinajstić information content (AvgIpc) is 2.78. The third kappa shape index (κ3) is 2.76. The number of hydrogen-bond acceptors (Lipinski definition) is 2. The van der Waals surface area contributed by atoms with Crippen LogP contribution >= 0.6 is 0 Å². The fourth-order valence-corrected chi connectivity index (χ4v) is 3.18. The molecule has 0 radical (unpaired) electrons. The summed E-state index contributed by atoms with van der Waals surface area (Å²) in [5.74, 6) is 0. The molecule has 0 saturated carbocycles. The predicted molar refractivity (Wildman–Crippen MR) is 77.4 cm³/mol. The standard InChI is InChI=1S/C16H26N2/c1-16(2,3)15(12-17)18-11-7-10-14(18)13-8-5-4-6-9-13/h4-6,8-9,14-15H,7,10-12,17H2,1-3H3. The van der Waals surface area contributed by atoms with Gasteiger partial charge in [-0.1, -0.05) is 51.1 Å². The van der Waals surface area contributed by atoms with Crippen molar-refractivity contribution in [3.05, 3.63) is 35.9 Å². The summed E-state index contributed by atoms with van der Waals surface area (Å²) in [6, 6.07) is 11.9. The summed E-state index contributed by atoms with van der Waals surface area (Å²) in [6.07, 6.45) is 2.54. The van der Waals surface area contributed by atoms with Crippen molar-refractivity contribution >= 4 is 0 Å². The Balaban J connectivity index is 2.22. The Morgan fingerprint density at radius 3 is 2.50 bits per heavy atom. The molecule has 2 unspecified atom stereocenters. The van der Waals surface area contributed by atoms with E-state index in [2.05, 4.69) is 56.0 Å². The van der Waals surface area contributed by atoms with Gasteiger partial charge in [0, 0.05) is 18.6 Å². The third-order valence-corrected chi connectivity index (χ3v) is 4.10. The topological polar surface area (TPSA) is 29.3 Å². The maximum absolute atomic E-state index is 6.04. The van der Waals surface area contributed by atoms with Crippen LogP contribution in [0.4, 0.5) is 0 Å². The van der Waals surface area contributed by atoms with Gasteiger partial charge in [-0.3, -0.25) is 4.90 Å². The largest absolute Gasteiger partial charge is 0.329 e. The van der Waals surface area contributed by atoms with Gasteiger partial charge >= 0.3 is 0 Å². The van der Waals surface area contributed by atoms with Crippen molar-refractivity contribution in [1.82, 2.24) is 4.90 Å². The normalized spacial score (nSPS) is 23.2. The molecule has 1 aliphatic heterocycles. The molecular weight excluding hydrogens is 220 g/mol. The number of likely N-dealkylation sites (tertiary alicyclic amines) is 1. The average molecular weight is 246 g/mol. The van der Waals surface area contributed by atoms with E-state index < -0.39 is 0 Å². The van der Waals surface area contributed by atoms with E-state index in [1.165, 1.54) is 24.9 Å². The predicted octanol–water partition coefficient (Wildman–Crippen LogP) is 3.20. The molecule has 0 aliphatic carbocycles. The minimum atomic E-state index is 0.242. The maximum Gasteiger partial charge on any atom is 0.0352 e. The molecule has 1 fully saturated rings. The Morgan fingerprint density at radius 2 is 1.94 bits per heavy atom. The molecule has 2 rings (SSSR count). The SMILES string of the molecule is CC(C)(C)C(CN)N1CCCC1c1ccccc1. The summed E-state index contributed by atoms with van der Waals surface area (Å²) in [4.78, 5) is 2.62. The van der Waals surface area contributed by atoms with E-state index in [-0.39, 0.29) is 5.41 Å². The Labute approximate surface area is 111 Å². The van der Waals surface area contributed by atoms with Crippen molar-refractivity contribution in [2.45, 2.75) is 45.7 Å². The Hall–Kier alpha value is -0.860. The van der Waals surface area contributed by atoms with Crippen LogP contribution in [-0.4, -0.2) is 24.0 Å². The second-order valence-corrected chi connectivity index (χ2v) is 6.42. The molecule has 2 N–H and O–H groups in total. The Bertz CT molecular complexity index is 366. The lowest BCUT2D eigenvalue weighted by molar-refractivity contribution is 0.0927. The highest BCUT2D eigenvalue weighted by molar-refractivity contribution is 5.20. The molecule has 1 aromatic rings. The van der Waals surface area contributed by atoms with Crippen LogP contribution < -0.4 is 5.73 Å². The second-order valence-electron chi connectivity index (χ2n) is 6.42. The van der Waals surface area contributed by atoms with Crippen LogP contribution in [0.15, 0.2) is 30.3 Å². The molecule has 0 bridgehead atoms. The summed E-state index contributed by atoms with van der Waals surface area (Å²) in [5.41, 5.74) is 7.72. The van der Waals surface area contributed by atoms with E-state index in [9.17, 15) is 0 Å². The zero-order valence-corrected chi connectivity index (χ0v) is 11.9. The second kappa shape index (κ2) is 5.41. The molecule has 0 aromatic heterocycles. The van der Waals surface area contributed by atoms with Gasteiger partial charge in [0.1, 0.15) is 0 Å². The minimum Gasteiger partial charge on any atom is -0.329 e. The molecular formula is C16H26N2. The summed E-state index contributed by atoms with van der Waals surface area (Å²) in [7, 11) is 0. The Morgan fingerprint density at radius 1 is 1.28 bits per heavy atom. The third-order valence-electron chi connectivity index (χ3n) is 4.10. The summed E-state index contributed by atoms with van der Waals surface area (Å²) >= 11 is 0. The fourth-order valence-electron chi connectivity index (χ4n) is 3.18. The van der Waals surface area contributed by atoms with Crippen LogP contribution in [0.3, 0.4) is 0 Å². The van der Waals surface area contributed by atoms with Crippen molar-refractivity contribution in [3.63, 3.8) is 0 Å². The van der Waals surface area contributed by atoms with E-state index in [4.69, 9.17) is 5.73 Å². The smallest absolute Gasteiger partial charge is 0.0352 e. The molecule has 0 spiro atoms. The zero-order chi connectivity index (χ0) is 13.2. The molecule has 18 heavy (non-hydrogen) atoms. The first kappa shape index (κ1) is 13.6. The first-order valence-corrected chi connectivity index (χ1v) is 7.05. The van der Waals surface area contributed by atoms with Crippen molar-refractivity contribution in [2.75, 3.05) is 13.1 Å². The molecule has 2 heteroatoms. The highest BCUT2D eigenvalue weighted by atomic mass is 15.2. The molecule has 2 atom stereocenters. The molecule has 0 amide bonds. The first-order valence-electron chi connectivity index (χ1n) is 7.05. The number of benzene rings is 1. The highest BCUT2D eigenvalue weighted by Gasteiger charge is 2.36. The van der Waals surface area contributed by atoms with E-state index in [0.29, 0.717) is 12.1 Å². The number of hydrogen-bond donors (Lipinski definition) is 1. The lowest BCUT2D eigenvalue weighted by Gasteiger charge is -2.40. The lowest BCUT2D eigenvalue weighted by atomic mass is 9.85. The van der Waals surface area contributed by atoms with Gasteiger partial charge < -0.3 is 5.73 Å². The van der Waals surface area contributed by atoms with Gasteiger partial charge in [-0.2, -0.15) is 0 Å². The van der Waals surface area contributed by atoms with E-state index >= 15 is 0 Å². The van der Waals surface area contributed by atoms with Crippen molar-refractivity contribution < 1.29 is 0 Å². The Kier molecular flexibility index (Phi) is 4.08. The van der Waals surface area contributed by atoms with Crippen LogP contribution in [0.5, 0.6) is 0 Å². The van der Waals surface area contributed by atoms with E-state index in [1.54, 1.807) is 0 Å². The van der Waals surface area contributed by atoms with Gasteiger partial charge in [0.15, 0.2) is 0 Å². The molecule has 100 valence electrons. The number of rotatable bonds is 3. The van der Waals surface area contributed by atoms with E-state index in [0.717, 1.165) is 6.54 Å². The molecule has 1 aromatic carbocycles. The van der Waals surface area contributed by atoms with Gasteiger partial charge in [-0.25, -0.2) is 0 Å². The van der Waals surface area contributed by atoms with Gasteiger partial charge in [0.2, 0.25) is 0 Å². The van der Waals surface area contributed by atoms with Gasteiger partial charge in [-0.15, -0.1) is 0 Å². The van der Waals surface area contributed by atoms with Crippen LogP contribution in [0.1, 0.15) is 45.2 Å². The van der Waals surface area contributed by atoms with Crippen LogP contribution in [0.2, 0.25) is 0 Å². The molecule has 1 heterocycles. The van der Waals surface area contributed by atoms with Crippen LogP contribution in [0.25, 0.3) is 0 Å². The summed E-state index contributed by atoms with van der Waals surface area (Å²) < 4.78 is 0. The monoisotopic (exact) mass is 246 g/mol. The molecule has 2 nitrogen and oxygen atoms in total.